The van der Waals surface area contributed by atoms with Crippen LogP contribution in [0.3, 0.4) is 0 Å². The molecule has 0 aliphatic rings. The van der Waals surface area contributed by atoms with Gasteiger partial charge < -0.3 is 4.74 Å². The van der Waals surface area contributed by atoms with Crippen molar-refractivity contribution in [1.29, 1.82) is 5.26 Å². The molecule has 0 unspecified atom stereocenters. The lowest BCUT2D eigenvalue weighted by molar-refractivity contribution is 0.108. The predicted octanol–water partition coefficient (Wildman–Crippen LogP) is 2.55. The fourth-order valence-corrected chi connectivity index (χ4v) is 1.80. The number of nitrogens with zero attached hydrogens (tertiary/aromatic N) is 1. The van der Waals surface area contributed by atoms with Crippen molar-refractivity contribution in [3.8, 4) is 11.8 Å². The van der Waals surface area contributed by atoms with E-state index >= 15 is 0 Å². The van der Waals surface area contributed by atoms with Crippen LogP contribution in [0.5, 0.6) is 5.75 Å². The van der Waals surface area contributed by atoms with Crippen molar-refractivity contribution in [2.24, 2.45) is 0 Å². The summed E-state index contributed by atoms with van der Waals surface area (Å²) in [5.74, 6) is 0.364. The molecule has 0 heterocycles. The number of methoxy groups -OCH3 is 1. The first-order valence-corrected chi connectivity index (χ1v) is 5.03. The van der Waals surface area contributed by atoms with E-state index in [1.54, 1.807) is 6.07 Å². The molecule has 0 amide bonds. The van der Waals surface area contributed by atoms with Gasteiger partial charge in [-0.3, -0.25) is 4.79 Å². The molecule has 1 rings (SSSR count). The van der Waals surface area contributed by atoms with Crippen LogP contribution in [-0.2, 0) is 0 Å². The topological polar surface area (TPSA) is 50.1 Å². The van der Waals surface area contributed by atoms with E-state index in [2.05, 4.69) is 0 Å². The Labute approximate surface area is 99.8 Å². The highest BCUT2D eigenvalue weighted by Crippen LogP contribution is 2.25. The first kappa shape index (κ1) is 11.3. The summed E-state index contributed by atoms with van der Waals surface area (Å²) in [4.78, 5) is 10.9. The van der Waals surface area contributed by atoms with Gasteiger partial charge in [0.25, 0.3) is 5.24 Å². The third kappa shape index (κ3) is 2.16. The van der Waals surface area contributed by atoms with Crippen molar-refractivity contribution in [3.05, 3.63) is 26.8 Å². The lowest BCUT2D eigenvalue weighted by Crippen LogP contribution is -1.96. The summed E-state index contributed by atoms with van der Waals surface area (Å²) < 4.78 is 5.62. The van der Waals surface area contributed by atoms with Gasteiger partial charge in [0.15, 0.2) is 0 Å². The van der Waals surface area contributed by atoms with Gasteiger partial charge >= 0.3 is 0 Å². The molecule has 1 aromatic rings. The van der Waals surface area contributed by atoms with Gasteiger partial charge in [0.05, 0.1) is 7.11 Å². The van der Waals surface area contributed by atoms with Crippen molar-refractivity contribution >= 4 is 39.4 Å². The molecule has 3 nitrogen and oxygen atoms in total. The quantitative estimate of drug-likeness (QED) is 0.621. The maximum Gasteiger partial charge on any atom is 0.252 e. The number of hydrogen-bond acceptors (Lipinski definition) is 3. The summed E-state index contributed by atoms with van der Waals surface area (Å²) in [6.45, 7) is 0. The van der Waals surface area contributed by atoms with E-state index in [1.807, 2.05) is 28.7 Å². The van der Waals surface area contributed by atoms with Crippen molar-refractivity contribution in [2.45, 2.75) is 0 Å². The lowest BCUT2D eigenvalue weighted by Gasteiger charge is -2.05. The summed E-state index contributed by atoms with van der Waals surface area (Å²) in [7, 11) is 1.44. The van der Waals surface area contributed by atoms with Crippen LogP contribution in [0, 0.1) is 14.9 Å². The Morgan fingerprint density at radius 1 is 1.64 bits per heavy atom. The largest absolute Gasteiger partial charge is 0.495 e. The number of rotatable bonds is 2. The Kier molecular flexibility index (Phi) is 3.72. The van der Waals surface area contributed by atoms with Gasteiger partial charge in [-0.2, -0.15) is 5.26 Å². The van der Waals surface area contributed by atoms with E-state index in [0.29, 0.717) is 20.4 Å². The Bertz CT molecular complexity index is 426. The number of hydrogen-bond donors (Lipinski definition) is 0. The van der Waals surface area contributed by atoms with E-state index in [0.717, 1.165) is 0 Å². The van der Waals surface area contributed by atoms with Crippen molar-refractivity contribution < 1.29 is 9.53 Å². The van der Waals surface area contributed by atoms with E-state index < -0.39 is 5.24 Å². The zero-order valence-corrected chi connectivity index (χ0v) is 10.1. The molecule has 0 bridgehead atoms. The van der Waals surface area contributed by atoms with Gasteiger partial charge in [-0.1, -0.05) is 0 Å². The summed E-state index contributed by atoms with van der Waals surface area (Å²) in [6, 6.07) is 5.00. The average Bonchev–Trinajstić information content (AvgIpc) is 2.16. The Morgan fingerprint density at radius 3 is 2.71 bits per heavy atom. The summed E-state index contributed by atoms with van der Waals surface area (Å²) in [5.41, 5.74) is 0.738. The van der Waals surface area contributed by atoms with Crippen molar-refractivity contribution in [3.63, 3.8) is 0 Å². The number of carbonyl (C=O) groups is 1. The molecule has 0 spiro atoms. The van der Waals surface area contributed by atoms with Crippen LogP contribution in [-0.4, -0.2) is 12.4 Å². The first-order chi connectivity index (χ1) is 6.60. The predicted molar refractivity (Wildman–Crippen MR) is 60.6 cm³/mol. The van der Waals surface area contributed by atoms with Gasteiger partial charge in [0, 0.05) is 9.13 Å². The average molecular weight is 322 g/mol. The number of carbonyl (C=O) groups excluding carboxylic acids is 1. The van der Waals surface area contributed by atoms with E-state index in [1.165, 1.54) is 13.2 Å². The monoisotopic (exact) mass is 321 g/mol. The molecule has 72 valence electrons. The standard InChI is InChI=1S/C9H5ClINO2/c1-14-8-3-5(9(10)13)2-7(11)6(8)4-12/h2-3H,1H3. The highest BCUT2D eigenvalue weighted by Gasteiger charge is 2.12. The van der Waals surface area contributed by atoms with Crippen LogP contribution < -0.4 is 4.74 Å². The lowest BCUT2D eigenvalue weighted by atomic mass is 10.1. The van der Waals surface area contributed by atoms with Gasteiger partial charge in [-0.15, -0.1) is 0 Å². The number of benzene rings is 1. The van der Waals surface area contributed by atoms with Gasteiger partial charge in [0.2, 0.25) is 0 Å². The van der Waals surface area contributed by atoms with Crippen LogP contribution in [0.4, 0.5) is 0 Å². The molecular formula is C9H5ClINO2. The maximum atomic E-state index is 10.9. The molecule has 14 heavy (non-hydrogen) atoms. The Morgan fingerprint density at radius 2 is 2.29 bits per heavy atom. The smallest absolute Gasteiger partial charge is 0.252 e. The van der Waals surface area contributed by atoms with E-state index in [4.69, 9.17) is 21.6 Å². The summed E-state index contributed by atoms with van der Waals surface area (Å²) in [6.07, 6.45) is 0. The van der Waals surface area contributed by atoms with E-state index in [9.17, 15) is 4.79 Å². The molecule has 0 aliphatic heterocycles. The summed E-state index contributed by atoms with van der Waals surface area (Å²) >= 11 is 7.27. The third-order valence-electron chi connectivity index (χ3n) is 1.61. The Hall–Kier alpha value is -0.800. The number of halogens is 2. The molecule has 0 fully saturated rings. The fourth-order valence-electron chi connectivity index (χ4n) is 0.964. The first-order valence-electron chi connectivity index (χ1n) is 3.57. The number of nitriles is 1. The van der Waals surface area contributed by atoms with Gasteiger partial charge in [0.1, 0.15) is 17.4 Å². The van der Waals surface area contributed by atoms with Crippen LogP contribution in [0.2, 0.25) is 0 Å². The number of ether oxygens (including phenoxy) is 1. The second-order valence-corrected chi connectivity index (χ2v) is 3.93. The minimum absolute atomic E-state index is 0.326. The molecular weight excluding hydrogens is 316 g/mol. The highest BCUT2D eigenvalue weighted by molar-refractivity contribution is 14.1. The molecule has 0 aromatic heterocycles. The molecule has 0 radical (unpaired) electrons. The third-order valence-corrected chi connectivity index (χ3v) is 2.68. The Balaban J connectivity index is 3.40. The molecule has 1 aromatic carbocycles. The molecule has 0 atom stereocenters. The normalized spacial score (nSPS) is 9.29. The minimum atomic E-state index is -0.564. The maximum absolute atomic E-state index is 10.9. The van der Waals surface area contributed by atoms with Crippen LogP contribution >= 0.6 is 34.2 Å². The van der Waals surface area contributed by atoms with Crippen molar-refractivity contribution in [2.75, 3.05) is 7.11 Å². The molecule has 0 aliphatic carbocycles. The second kappa shape index (κ2) is 4.62. The minimum Gasteiger partial charge on any atom is -0.495 e. The van der Waals surface area contributed by atoms with E-state index in [-0.39, 0.29) is 0 Å². The van der Waals surface area contributed by atoms with Gasteiger partial charge in [-0.25, -0.2) is 0 Å². The zero-order chi connectivity index (χ0) is 10.7. The fraction of sp³-hybridized carbons (Fsp3) is 0.111. The van der Waals surface area contributed by atoms with Crippen molar-refractivity contribution in [1.82, 2.24) is 0 Å². The van der Waals surface area contributed by atoms with Crippen LogP contribution in [0.15, 0.2) is 12.1 Å². The van der Waals surface area contributed by atoms with Gasteiger partial charge in [-0.05, 0) is 46.3 Å². The SMILES string of the molecule is COc1cc(C(=O)Cl)cc(I)c1C#N. The highest BCUT2D eigenvalue weighted by atomic mass is 127. The molecule has 5 heteroatoms. The summed E-state index contributed by atoms with van der Waals surface area (Å²) in [5, 5.41) is 8.24. The zero-order valence-electron chi connectivity index (χ0n) is 7.17. The van der Waals surface area contributed by atoms with Crippen LogP contribution in [0.25, 0.3) is 0 Å². The molecule has 0 saturated carbocycles. The molecule has 0 N–H and O–H groups in total. The van der Waals surface area contributed by atoms with Crippen LogP contribution in [0.1, 0.15) is 15.9 Å². The second-order valence-electron chi connectivity index (χ2n) is 2.42. The molecule has 0 saturated heterocycles.